The van der Waals surface area contributed by atoms with Gasteiger partial charge in [-0.25, -0.2) is 4.79 Å². The minimum absolute atomic E-state index is 0.0810. The number of hydrogen-bond acceptors (Lipinski definition) is 4. The average Bonchev–Trinajstić information content (AvgIpc) is 2.31. The third-order valence-electron chi connectivity index (χ3n) is 3.55. The summed E-state index contributed by atoms with van der Waals surface area (Å²) in [6.45, 7) is 7.17. The van der Waals surface area contributed by atoms with Gasteiger partial charge >= 0.3 is 5.97 Å². The largest absolute Gasteiger partial charge is 0.480 e. The molecule has 0 unspecified atom stereocenters. The second-order valence-corrected chi connectivity index (χ2v) is 6.32. The van der Waals surface area contributed by atoms with Gasteiger partial charge in [0.2, 0.25) is 5.91 Å². The molecule has 1 atom stereocenters. The lowest BCUT2D eigenvalue weighted by Gasteiger charge is -2.47. The Hall–Kier alpha value is -1.14. The smallest absolute Gasteiger partial charge is 0.329 e. The fourth-order valence-electron chi connectivity index (χ4n) is 2.57. The maximum absolute atomic E-state index is 12.1. The Kier molecular flexibility index (Phi) is 5.95. The van der Waals surface area contributed by atoms with Crippen LogP contribution < -0.4 is 5.73 Å². The van der Waals surface area contributed by atoms with Gasteiger partial charge in [0.1, 0.15) is 12.2 Å². The van der Waals surface area contributed by atoms with Crippen molar-refractivity contribution in [3.63, 3.8) is 0 Å². The number of carboxylic acids is 1. The molecule has 1 saturated heterocycles. The molecule has 1 rings (SSSR count). The van der Waals surface area contributed by atoms with E-state index in [9.17, 15) is 9.59 Å². The second-order valence-electron chi connectivity index (χ2n) is 6.32. The predicted molar refractivity (Wildman–Crippen MR) is 75.2 cm³/mol. The summed E-state index contributed by atoms with van der Waals surface area (Å²) in [5.74, 6) is -0.167. The van der Waals surface area contributed by atoms with E-state index in [4.69, 9.17) is 15.6 Å². The molecule has 0 aromatic carbocycles. The zero-order valence-electron chi connectivity index (χ0n) is 12.6. The molecule has 0 radical (unpaired) electrons. The van der Waals surface area contributed by atoms with Gasteiger partial charge in [-0.2, -0.15) is 0 Å². The van der Waals surface area contributed by atoms with Gasteiger partial charge in [0.05, 0.1) is 13.1 Å². The maximum atomic E-state index is 12.1. The van der Waals surface area contributed by atoms with Gasteiger partial charge in [-0.05, 0) is 31.7 Å². The van der Waals surface area contributed by atoms with Gasteiger partial charge in [0.25, 0.3) is 0 Å². The Morgan fingerprint density at radius 2 is 2.00 bits per heavy atom. The van der Waals surface area contributed by atoms with E-state index in [-0.39, 0.29) is 18.4 Å². The second kappa shape index (κ2) is 7.04. The summed E-state index contributed by atoms with van der Waals surface area (Å²) in [4.78, 5) is 24.3. The van der Waals surface area contributed by atoms with Crippen LogP contribution in [-0.2, 0) is 14.3 Å². The highest BCUT2D eigenvalue weighted by Gasteiger charge is 2.42. The normalized spacial score (nSPS) is 18.8. The number of likely N-dealkylation sites (tertiary alicyclic amines) is 1. The number of nitrogens with two attached hydrogens (primary N) is 1. The van der Waals surface area contributed by atoms with E-state index in [1.165, 1.54) is 0 Å². The summed E-state index contributed by atoms with van der Waals surface area (Å²) in [6.07, 6.45) is 1.41. The van der Waals surface area contributed by atoms with E-state index in [1.807, 2.05) is 6.92 Å². The highest BCUT2D eigenvalue weighted by atomic mass is 16.5. The molecule has 1 amide bonds. The highest BCUT2D eigenvalue weighted by molar-refractivity contribution is 5.77. The molecule has 0 aromatic heterocycles. The van der Waals surface area contributed by atoms with Gasteiger partial charge in [-0.3, -0.25) is 4.79 Å². The van der Waals surface area contributed by atoms with Gasteiger partial charge in [0, 0.05) is 6.42 Å². The SMILES string of the molecule is CC(C)C[C@H](CN)CC(=O)N1CC(C)(OCC(=O)O)C1. The molecule has 0 spiro atoms. The Labute approximate surface area is 120 Å². The van der Waals surface area contributed by atoms with Crippen LogP contribution in [0.25, 0.3) is 0 Å². The van der Waals surface area contributed by atoms with Crippen LogP contribution in [0.1, 0.15) is 33.6 Å². The van der Waals surface area contributed by atoms with Crippen LogP contribution in [0.2, 0.25) is 0 Å². The minimum Gasteiger partial charge on any atom is -0.480 e. The van der Waals surface area contributed by atoms with Crippen LogP contribution in [0, 0.1) is 11.8 Å². The molecular weight excluding hydrogens is 260 g/mol. The average molecular weight is 286 g/mol. The quantitative estimate of drug-likeness (QED) is 0.685. The van der Waals surface area contributed by atoms with Crippen molar-refractivity contribution in [1.29, 1.82) is 0 Å². The third-order valence-corrected chi connectivity index (χ3v) is 3.55. The molecule has 0 bridgehead atoms. The van der Waals surface area contributed by atoms with Crippen LogP contribution in [0.15, 0.2) is 0 Å². The Morgan fingerprint density at radius 3 is 2.45 bits per heavy atom. The topological polar surface area (TPSA) is 92.9 Å². The summed E-state index contributed by atoms with van der Waals surface area (Å²) in [6, 6.07) is 0. The molecule has 6 heteroatoms. The van der Waals surface area contributed by atoms with E-state index in [0.717, 1.165) is 6.42 Å². The van der Waals surface area contributed by atoms with Crippen LogP contribution >= 0.6 is 0 Å². The fraction of sp³-hybridized carbons (Fsp3) is 0.857. The number of carboxylic acid groups (broad SMARTS) is 1. The van der Waals surface area contributed by atoms with Gasteiger partial charge < -0.3 is 20.5 Å². The monoisotopic (exact) mass is 286 g/mol. The Bertz CT molecular complexity index is 351. The first-order valence-corrected chi connectivity index (χ1v) is 7.09. The van der Waals surface area contributed by atoms with E-state index in [0.29, 0.717) is 32.0 Å². The standard InChI is InChI=1S/C14H26N2O4/c1-10(2)4-11(6-15)5-12(17)16-8-14(3,9-16)20-7-13(18)19/h10-11H,4-9,15H2,1-3H3,(H,18,19)/t11-/m0/s1. The van der Waals surface area contributed by atoms with Crippen LogP contribution in [0.3, 0.4) is 0 Å². The number of aliphatic carboxylic acids is 1. The van der Waals surface area contributed by atoms with Crippen molar-refractivity contribution in [2.45, 2.75) is 39.2 Å². The first kappa shape index (κ1) is 16.9. The molecule has 0 saturated carbocycles. The molecule has 116 valence electrons. The molecule has 1 heterocycles. The summed E-state index contributed by atoms with van der Waals surface area (Å²) in [7, 11) is 0. The zero-order chi connectivity index (χ0) is 15.3. The number of rotatable bonds is 8. The van der Waals surface area contributed by atoms with Crippen molar-refractivity contribution in [3.05, 3.63) is 0 Å². The van der Waals surface area contributed by atoms with Crippen LogP contribution in [0.4, 0.5) is 0 Å². The van der Waals surface area contributed by atoms with E-state index in [2.05, 4.69) is 13.8 Å². The van der Waals surface area contributed by atoms with Gasteiger partial charge in [0.15, 0.2) is 0 Å². The van der Waals surface area contributed by atoms with E-state index in [1.54, 1.807) is 4.90 Å². The highest BCUT2D eigenvalue weighted by Crippen LogP contribution is 2.26. The summed E-state index contributed by atoms with van der Waals surface area (Å²) < 4.78 is 5.29. The molecule has 1 fully saturated rings. The van der Waals surface area contributed by atoms with E-state index < -0.39 is 11.6 Å². The summed E-state index contributed by atoms with van der Waals surface area (Å²) >= 11 is 0. The van der Waals surface area contributed by atoms with Crippen LogP contribution in [0.5, 0.6) is 0 Å². The Morgan fingerprint density at radius 1 is 1.40 bits per heavy atom. The molecule has 1 aliphatic heterocycles. The minimum atomic E-state index is -0.990. The number of carbonyl (C=O) groups excluding carboxylic acids is 1. The predicted octanol–water partition coefficient (Wildman–Crippen LogP) is 0.700. The van der Waals surface area contributed by atoms with Crippen molar-refractivity contribution in [1.82, 2.24) is 4.90 Å². The lowest BCUT2D eigenvalue weighted by Crippen LogP contribution is -2.63. The molecular formula is C14H26N2O4. The summed E-state index contributed by atoms with van der Waals surface area (Å²) in [5, 5.41) is 8.59. The number of ether oxygens (including phenoxy) is 1. The van der Waals surface area contributed by atoms with Crippen molar-refractivity contribution < 1.29 is 19.4 Å². The van der Waals surface area contributed by atoms with Crippen molar-refractivity contribution >= 4 is 11.9 Å². The first-order valence-electron chi connectivity index (χ1n) is 7.09. The molecule has 20 heavy (non-hydrogen) atoms. The number of amides is 1. The molecule has 6 nitrogen and oxygen atoms in total. The van der Waals surface area contributed by atoms with E-state index >= 15 is 0 Å². The molecule has 0 aromatic rings. The third kappa shape index (κ3) is 5.09. The lowest BCUT2D eigenvalue weighted by atomic mass is 9.91. The van der Waals surface area contributed by atoms with Gasteiger partial charge in [-0.1, -0.05) is 13.8 Å². The zero-order valence-corrected chi connectivity index (χ0v) is 12.6. The molecule has 1 aliphatic rings. The number of carbonyl (C=O) groups is 2. The van der Waals surface area contributed by atoms with Crippen molar-refractivity contribution in [2.75, 3.05) is 26.2 Å². The number of hydrogen-bond donors (Lipinski definition) is 2. The number of nitrogens with zero attached hydrogens (tertiary/aromatic N) is 1. The molecule has 3 N–H and O–H groups in total. The summed E-state index contributed by atoms with van der Waals surface area (Å²) in [5.41, 5.74) is 5.18. The lowest BCUT2D eigenvalue weighted by molar-refractivity contribution is -0.173. The van der Waals surface area contributed by atoms with Crippen molar-refractivity contribution in [3.8, 4) is 0 Å². The maximum Gasteiger partial charge on any atom is 0.329 e. The van der Waals surface area contributed by atoms with Crippen LogP contribution in [-0.4, -0.2) is 53.7 Å². The Balaban J connectivity index is 2.35. The molecule has 0 aliphatic carbocycles. The van der Waals surface area contributed by atoms with Crippen molar-refractivity contribution in [2.24, 2.45) is 17.6 Å². The fourth-order valence-corrected chi connectivity index (χ4v) is 2.57. The van der Waals surface area contributed by atoms with Gasteiger partial charge in [-0.15, -0.1) is 0 Å². The first-order chi connectivity index (χ1) is 9.25.